The molecule has 1 amide bonds. The first-order valence-electron chi connectivity index (χ1n) is 8.90. The maximum atomic E-state index is 12.8. The van der Waals surface area contributed by atoms with Crippen molar-refractivity contribution < 1.29 is 4.79 Å². The Labute approximate surface area is 163 Å². The Morgan fingerprint density at radius 1 is 0.963 bits per heavy atom. The SMILES string of the molecule is O=C(N/N=C\c1cccc(Cl)c1)[C@@H]1CC1(c1ccccc1)c1ccccc1. The maximum absolute atomic E-state index is 12.8. The molecule has 1 aliphatic carbocycles. The Bertz CT molecular complexity index is 930. The molecule has 4 heteroatoms. The second kappa shape index (κ2) is 7.37. The number of halogens is 1. The molecule has 0 heterocycles. The number of hydrogen-bond acceptors (Lipinski definition) is 2. The monoisotopic (exact) mass is 374 g/mol. The van der Waals surface area contributed by atoms with Crippen molar-refractivity contribution in [2.75, 3.05) is 0 Å². The third-order valence-corrected chi connectivity index (χ3v) is 5.33. The third kappa shape index (κ3) is 3.51. The van der Waals surface area contributed by atoms with E-state index in [0.717, 1.165) is 23.1 Å². The van der Waals surface area contributed by atoms with Gasteiger partial charge in [0.2, 0.25) is 5.91 Å². The Morgan fingerprint density at radius 2 is 1.59 bits per heavy atom. The average Bonchev–Trinajstić information content (AvgIpc) is 3.47. The van der Waals surface area contributed by atoms with E-state index < -0.39 is 0 Å². The first kappa shape index (κ1) is 17.5. The molecule has 0 spiro atoms. The van der Waals surface area contributed by atoms with Gasteiger partial charge in [0, 0.05) is 10.4 Å². The number of carbonyl (C=O) groups is 1. The quantitative estimate of drug-likeness (QED) is 0.506. The van der Waals surface area contributed by atoms with Crippen LogP contribution in [-0.2, 0) is 10.2 Å². The first-order valence-corrected chi connectivity index (χ1v) is 9.27. The molecule has 0 bridgehead atoms. The molecule has 3 aromatic rings. The first-order chi connectivity index (χ1) is 13.2. The Morgan fingerprint density at radius 3 is 2.19 bits per heavy atom. The summed E-state index contributed by atoms with van der Waals surface area (Å²) >= 11 is 5.97. The molecule has 0 aromatic heterocycles. The van der Waals surface area contributed by atoms with E-state index in [4.69, 9.17) is 11.6 Å². The second-order valence-corrected chi connectivity index (χ2v) is 7.19. The number of nitrogens with zero attached hydrogens (tertiary/aromatic N) is 1. The Balaban J connectivity index is 1.54. The van der Waals surface area contributed by atoms with Gasteiger partial charge in [-0.25, -0.2) is 5.43 Å². The number of benzene rings is 3. The van der Waals surface area contributed by atoms with E-state index in [-0.39, 0.29) is 17.2 Å². The fraction of sp³-hybridized carbons (Fsp3) is 0.130. The summed E-state index contributed by atoms with van der Waals surface area (Å²) in [7, 11) is 0. The lowest BCUT2D eigenvalue weighted by Gasteiger charge is -2.18. The van der Waals surface area contributed by atoms with Crippen LogP contribution in [0.5, 0.6) is 0 Å². The van der Waals surface area contributed by atoms with Crippen LogP contribution in [0.15, 0.2) is 90.0 Å². The number of carbonyl (C=O) groups excluding carboxylic acids is 1. The van der Waals surface area contributed by atoms with Crippen molar-refractivity contribution in [3.05, 3.63) is 107 Å². The molecule has 1 atom stereocenters. The number of nitrogens with one attached hydrogen (secondary N) is 1. The van der Waals surface area contributed by atoms with Gasteiger partial charge in [0.15, 0.2) is 0 Å². The van der Waals surface area contributed by atoms with Crippen molar-refractivity contribution >= 4 is 23.7 Å². The van der Waals surface area contributed by atoms with Crippen molar-refractivity contribution in [3.63, 3.8) is 0 Å². The number of hydrogen-bond donors (Lipinski definition) is 1. The van der Waals surface area contributed by atoms with E-state index in [1.807, 2.05) is 48.5 Å². The highest BCUT2D eigenvalue weighted by atomic mass is 35.5. The van der Waals surface area contributed by atoms with E-state index in [1.165, 1.54) is 0 Å². The summed E-state index contributed by atoms with van der Waals surface area (Å²) in [6.45, 7) is 0. The van der Waals surface area contributed by atoms with Crippen LogP contribution in [-0.4, -0.2) is 12.1 Å². The minimum absolute atomic E-state index is 0.0685. The van der Waals surface area contributed by atoms with Gasteiger partial charge < -0.3 is 0 Å². The zero-order valence-corrected chi connectivity index (χ0v) is 15.4. The zero-order valence-electron chi connectivity index (χ0n) is 14.7. The smallest absolute Gasteiger partial charge is 0.244 e. The van der Waals surface area contributed by atoms with Gasteiger partial charge in [0.1, 0.15) is 0 Å². The standard InChI is InChI=1S/C23H19ClN2O/c24-20-13-7-8-17(14-20)16-25-26-22(27)21-15-23(21,18-9-3-1-4-10-18)19-11-5-2-6-12-19/h1-14,16,21H,15H2,(H,26,27)/b25-16-/t21-/m0/s1. The molecule has 4 rings (SSSR count). The molecular weight excluding hydrogens is 356 g/mol. The second-order valence-electron chi connectivity index (χ2n) is 6.75. The van der Waals surface area contributed by atoms with E-state index in [1.54, 1.807) is 18.3 Å². The van der Waals surface area contributed by atoms with Crippen LogP contribution in [0.25, 0.3) is 0 Å². The topological polar surface area (TPSA) is 41.5 Å². The van der Waals surface area contributed by atoms with E-state index in [0.29, 0.717) is 5.02 Å². The number of amides is 1. The summed E-state index contributed by atoms with van der Waals surface area (Å²) in [4.78, 5) is 12.8. The molecular formula is C23H19ClN2O. The molecule has 0 unspecified atom stereocenters. The molecule has 27 heavy (non-hydrogen) atoms. The van der Waals surface area contributed by atoms with Crippen LogP contribution in [0.2, 0.25) is 5.02 Å². The Hall–Kier alpha value is -2.91. The largest absolute Gasteiger partial charge is 0.273 e. The fourth-order valence-electron chi connectivity index (χ4n) is 3.69. The van der Waals surface area contributed by atoms with Crippen molar-refractivity contribution in [1.82, 2.24) is 5.43 Å². The molecule has 0 aliphatic heterocycles. The molecule has 1 fully saturated rings. The summed E-state index contributed by atoms with van der Waals surface area (Å²) in [5, 5.41) is 4.75. The lowest BCUT2D eigenvalue weighted by molar-refractivity contribution is -0.122. The van der Waals surface area contributed by atoms with E-state index in [9.17, 15) is 4.79 Å². The molecule has 1 saturated carbocycles. The van der Waals surface area contributed by atoms with Crippen LogP contribution < -0.4 is 5.43 Å². The highest BCUT2D eigenvalue weighted by Gasteiger charge is 2.60. The van der Waals surface area contributed by atoms with Gasteiger partial charge in [-0.2, -0.15) is 5.10 Å². The van der Waals surface area contributed by atoms with Gasteiger partial charge in [-0.05, 0) is 35.2 Å². The van der Waals surface area contributed by atoms with Gasteiger partial charge >= 0.3 is 0 Å². The predicted molar refractivity (Wildman–Crippen MR) is 109 cm³/mol. The number of rotatable bonds is 5. The molecule has 3 nitrogen and oxygen atoms in total. The zero-order chi connectivity index (χ0) is 18.7. The summed E-state index contributed by atoms with van der Waals surface area (Å²) in [5.74, 6) is -0.209. The van der Waals surface area contributed by atoms with Gasteiger partial charge in [-0.15, -0.1) is 0 Å². The van der Waals surface area contributed by atoms with E-state index in [2.05, 4.69) is 34.8 Å². The lowest BCUT2D eigenvalue weighted by Crippen LogP contribution is -2.25. The maximum Gasteiger partial charge on any atom is 0.244 e. The third-order valence-electron chi connectivity index (χ3n) is 5.09. The Kier molecular flexibility index (Phi) is 4.78. The van der Waals surface area contributed by atoms with E-state index >= 15 is 0 Å². The van der Waals surface area contributed by atoms with Crippen LogP contribution in [0, 0.1) is 5.92 Å². The molecule has 0 saturated heterocycles. The number of hydrazone groups is 1. The summed E-state index contributed by atoms with van der Waals surface area (Å²) < 4.78 is 0. The summed E-state index contributed by atoms with van der Waals surface area (Å²) in [6, 6.07) is 27.8. The van der Waals surface area contributed by atoms with Crippen molar-refractivity contribution in [3.8, 4) is 0 Å². The van der Waals surface area contributed by atoms with Crippen molar-refractivity contribution in [2.45, 2.75) is 11.8 Å². The van der Waals surface area contributed by atoms with Crippen LogP contribution >= 0.6 is 11.6 Å². The van der Waals surface area contributed by atoms with Gasteiger partial charge in [-0.1, -0.05) is 84.4 Å². The molecule has 1 aliphatic rings. The van der Waals surface area contributed by atoms with Gasteiger partial charge in [-0.3, -0.25) is 4.79 Å². The van der Waals surface area contributed by atoms with Crippen molar-refractivity contribution in [1.29, 1.82) is 0 Å². The molecule has 0 radical (unpaired) electrons. The highest BCUT2D eigenvalue weighted by molar-refractivity contribution is 6.30. The minimum Gasteiger partial charge on any atom is -0.273 e. The molecule has 1 N–H and O–H groups in total. The minimum atomic E-state index is -0.280. The van der Waals surface area contributed by atoms with Gasteiger partial charge in [0.25, 0.3) is 0 Å². The van der Waals surface area contributed by atoms with Gasteiger partial charge in [0.05, 0.1) is 12.1 Å². The lowest BCUT2D eigenvalue weighted by atomic mass is 9.85. The predicted octanol–water partition coefficient (Wildman–Crippen LogP) is 4.80. The fourth-order valence-corrected chi connectivity index (χ4v) is 3.89. The molecule has 3 aromatic carbocycles. The van der Waals surface area contributed by atoms with Crippen LogP contribution in [0.4, 0.5) is 0 Å². The summed E-state index contributed by atoms with van der Waals surface area (Å²) in [5.41, 5.74) is 5.58. The normalized spacial score (nSPS) is 17.6. The summed E-state index contributed by atoms with van der Waals surface area (Å²) in [6.07, 6.45) is 2.39. The van der Waals surface area contributed by atoms with Crippen molar-refractivity contribution in [2.24, 2.45) is 11.0 Å². The molecule has 134 valence electrons. The van der Waals surface area contributed by atoms with Crippen LogP contribution in [0.1, 0.15) is 23.1 Å². The highest BCUT2D eigenvalue weighted by Crippen LogP contribution is 2.58. The van der Waals surface area contributed by atoms with Crippen LogP contribution in [0.3, 0.4) is 0 Å². The average molecular weight is 375 g/mol.